The number of piperidine rings is 1. The zero-order valence-corrected chi connectivity index (χ0v) is 20.6. The molecule has 0 bridgehead atoms. The van der Waals surface area contributed by atoms with Crippen LogP contribution in [0.25, 0.3) is 11.1 Å². The molecule has 3 aromatic carbocycles. The van der Waals surface area contributed by atoms with Gasteiger partial charge in [0.25, 0.3) is 0 Å². The van der Waals surface area contributed by atoms with Crippen LogP contribution in [0.2, 0.25) is 0 Å². The molecule has 0 aromatic heterocycles. The lowest BCUT2D eigenvalue weighted by Gasteiger charge is -2.44. The normalized spacial score (nSPS) is 18.5. The van der Waals surface area contributed by atoms with Crippen LogP contribution in [-0.2, 0) is 15.0 Å². The maximum Gasteiger partial charge on any atom is 0.233 e. The van der Waals surface area contributed by atoms with Crippen LogP contribution in [0.3, 0.4) is 0 Å². The number of benzene rings is 3. The van der Waals surface area contributed by atoms with E-state index >= 15 is 0 Å². The largest absolute Gasteiger partial charge is 0.355 e. The zero-order chi connectivity index (χ0) is 26.6. The zero-order valence-electron chi connectivity index (χ0n) is 20.6. The van der Waals surface area contributed by atoms with Crippen LogP contribution in [0.4, 0.5) is 13.2 Å². The van der Waals surface area contributed by atoms with Crippen molar-refractivity contribution in [3.63, 3.8) is 0 Å². The summed E-state index contributed by atoms with van der Waals surface area (Å²) in [4.78, 5) is 26.9. The molecule has 1 saturated heterocycles. The topological polar surface area (TPSA) is 75.4 Å². The Morgan fingerprint density at radius 3 is 2.32 bits per heavy atom. The molecule has 0 radical (unpaired) electrons. The minimum Gasteiger partial charge on any atom is -0.355 e. The summed E-state index contributed by atoms with van der Waals surface area (Å²) in [5, 5.41) is 2.78. The van der Waals surface area contributed by atoms with Gasteiger partial charge in [0.05, 0.1) is 12.6 Å². The summed E-state index contributed by atoms with van der Waals surface area (Å²) >= 11 is 0. The molecular weight excluding hydrogens is 479 g/mol. The van der Waals surface area contributed by atoms with Gasteiger partial charge in [-0.05, 0) is 60.7 Å². The molecule has 5 nitrogen and oxygen atoms in total. The Kier molecular flexibility index (Phi) is 7.97. The highest BCUT2D eigenvalue weighted by atomic mass is 19.1. The number of nitrogens with two attached hydrogens (primary N) is 1. The molecule has 194 valence electrons. The van der Waals surface area contributed by atoms with Crippen LogP contribution in [0, 0.1) is 17.5 Å². The van der Waals surface area contributed by atoms with Crippen molar-refractivity contribution in [2.75, 3.05) is 19.6 Å². The molecule has 2 amide bonds. The average molecular weight is 510 g/mol. The number of carbonyl (C=O) groups excluding carboxylic acids is 2. The lowest BCUT2D eigenvalue weighted by atomic mass is 9.70. The highest BCUT2D eigenvalue weighted by Gasteiger charge is 2.41. The molecule has 1 fully saturated rings. The van der Waals surface area contributed by atoms with Crippen LogP contribution in [0.15, 0.2) is 66.7 Å². The van der Waals surface area contributed by atoms with E-state index in [9.17, 15) is 22.8 Å². The Balaban J connectivity index is 1.51. The second-order valence-electron chi connectivity index (χ2n) is 9.53. The van der Waals surface area contributed by atoms with Gasteiger partial charge < -0.3 is 16.0 Å². The summed E-state index contributed by atoms with van der Waals surface area (Å²) in [6.45, 7) is 2.67. The van der Waals surface area contributed by atoms with E-state index in [0.717, 1.165) is 17.2 Å². The van der Waals surface area contributed by atoms with Crippen LogP contribution in [0.1, 0.15) is 43.4 Å². The van der Waals surface area contributed by atoms with Gasteiger partial charge in [0.1, 0.15) is 17.5 Å². The number of likely N-dealkylation sites (tertiary alicyclic amines) is 1. The van der Waals surface area contributed by atoms with Crippen molar-refractivity contribution in [2.45, 2.75) is 37.6 Å². The van der Waals surface area contributed by atoms with E-state index in [2.05, 4.69) is 5.32 Å². The molecule has 0 saturated carbocycles. The number of amides is 2. The Bertz CT molecular complexity index is 1260. The number of hydrogen-bond acceptors (Lipinski definition) is 3. The smallest absolute Gasteiger partial charge is 0.233 e. The Labute approximate surface area is 214 Å². The minimum absolute atomic E-state index is 0.0399. The molecule has 1 heterocycles. The van der Waals surface area contributed by atoms with Gasteiger partial charge in [0.2, 0.25) is 11.8 Å². The number of nitrogens with one attached hydrogen (secondary N) is 1. The van der Waals surface area contributed by atoms with Gasteiger partial charge in [-0.1, -0.05) is 36.4 Å². The second kappa shape index (κ2) is 11.2. The number of carbonyl (C=O) groups is 2. The quantitative estimate of drug-likeness (QED) is 0.456. The van der Waals surface area contributed by atoms with Gasteiger partial charge in [-0.15, -0.1) is 0 Å². The van der Waals surface area contributed by atoms with Crippen molar-refractivity contribution in [2.24, 2.45) is 5.73 Å². The van der Waals surface area contributed by atoms with Crippen LogP contribution in [0.5, 0.6) is 0 Å². The molecule has 1 aliphatic heterocycles. The lowest BCUT2D eigenvalue weighted by molar-refractivity contribution is -0.138. The van der Waals surface area contributed by atoms with E-state index in [-0.39, 0.29) is 36.6 Å². The van der Waals surface area contributed by atoms with E-state index in [1.165, 1.54) is 24.3 Å². The maximum atomic E-state index is 14.2. The van der Waals surface area contributed by atoms with Crippen molar-refractivity contribution < 1.29 is 22.8 Å². The van der Waals surface area contributed by atoms with Crippen molar-refractivity contribution in [1.29, 1.82) is 0 Å². The first-order valence-corrected chi connectivity index (χ1v) is 12.3. The van der Waals surface area contributed by atoms with Gasteiger partial charge in [-0.2, -0.15) is 0 Å². The molecule has 0 spiro atoms. The highest BCUT2D eigenvalue weighted by molar-refractivity contribution is 5.80. The Morgan fingerprint density at radius 2 is 1.70 bits per heavy atom. The van der Waals surface area contributed by atoms with Crippen molar-refractivity contribution in [3.8, 4) is 11.1 Å². The van der Waals surface area contributed by atoms with Gasteiger partial charge in [0, 0.05) is 36.6 Å². The van der Waals surface area contributed by atoms with Crippen LogP contribution >= 0.6 is 0 Å². The molecular formula is C29H30F3N3O2. The first-order chi connectivity index (χ1) is 17.7. The number of hydrogen-bond donors (Lipinski definition) is 2. The van der Waals surface area contributed by atoms with Gasteiger partial charge >= 0.3 is 0 Å². The summed E-state index contributed by atoms with van der Waals surface area (Å²) in [5.74, 6) is -1.92. The molecule has 37 heavy (non-hydrogen) atoms. The van der Waals surface area contributed by atoms with E-state index in [0.29, 0.717) is 37.1 Å². The summed E-state index contributed by atoms with van der Waals surface area (Å²) in [5.41, 5.74) is 7.53. The Hall–Kier alpha value is -3.65. The molecule has 3 N–H and O–H groups in total. The predicted octanol–water partition coefficient (Wildman–Crippen LogP) is 4.86. The minimum atomic E-state index is -0.633. The fourth-order valence-corrected chi connectivity index (χ4v) is 5.11. The van der Waals surface area contributed by atoms with Gasteiger partial charge in [-0.3, -0.25) is 9.59 Å². The van der Waals surface area contributed by atoms with Gasteiger partial charge in [-0.25, -0.2) is 13.2 Å². The number of rotatable bonds is 8. The third-order valence-electron chi connectivity index (χ3n) is 7.31. The summed E-state index contributed by atoms with van der Waals surface area (Å²) in [7, 11) is 0. The maximum absolute atomic E-state index is 14.2. The van der Waals surface area contributed by atoms with Crippen LogP contribution in [-0.4, -0.2) is 36.3 Å². The predicted molar refractivity (Wildman–Crippen MR) is 136 cm³/mol. The van der Waals surface area contributed by atoms with E-state index < -0.39 is 17.0 Å². The second-order valence-corrected chi connectivity index (χ2v) is 9.53. The third kappa shape index (κ3) is 5.85. The monoisotopic (exact) mass is 509 g/mol. The van der Waals surface area contributed by atoms with Crippen molar-refractivity contribution in [1.82, 2.24) is 10.2 Å². The van der Waals surface area contributed by atoms with E-state index in [4.69, 9.17) is 5.73 Å². The molecule has 0 aliphatic carbocycles. The standard InChI is InChI=1S/C29H30F3N3O2/c1-19(20-2-4-21(5-3-20)25-11-10-24(31)16-26(25)32)35-15-13-29(17-28(35)37,12-14-34-27(36)18-33)22-6-8-23(30)9-7-22/h2-11,16,19H,12-15,17-18,33H2,1H3,(H,34,36)/t19-,29+/m0/s1. The molecule has 1 aliphatic rings. The molecule has 2 atom stereocenters. The fraction of sp³-hybridized carbons (Fsp3) is 0.310. The first kappa shape index (κ1) is 26.4. The average Bonchev–Trinajstić information content (AvgIpc) is 2.89. The van der Waals surface area contributed by atoms with Crippen molar-refractivity contribution in [3.05, 3.63) is 95.3 Å². The SMILES string of the molecule is C[C@@H](c1ccc(-c2ccc(F)cc2F)cc1)N1CC[C@@](CCNC(=O)CN)(c2ccc(F)cc2)CC1=O. The molecule has 3 aromatic rings. The first-order valence-electron chi connectivity index (χ1n) is 12.3. The highest BCUT2D eigenvalue weighted by Crippen LogP contribution is 2.41. The Morgan fingerprint density at radius 1 is 1.03 bits per heavy atom. The van der Waals surface area contributed by atoms with E-state index in [1.54, 1.807) is 24.3 Å². The summed E-state index contributed by atoms with van der Waals surface area (Å²) < 4.78 is 41.0. The van der Waals surface area contributed by atoms with Crippen LogP contribution < -0.4 is 11.1 Å². The summed E-state index contributed by atoms with van der Waals surface area (Å²) in [6, 6.07) is 16.7. The van der Waals surface area contributed by atoms with Crippen molar-refractivity contribution >= 4 is 11.8 Å². The van der Waals surface area contributed by atoms with E-state index in [1.807, 2.05) is 24.0 Å². The fourth-order valence-electron chi connectivity index (χ4n) is 5.11. The third-order valence-corrected chi connectivity index (χ3v) is 7.31. The number of halogens is 3. The molecule has 4 rings (SSSR count). The number of nitrogens with zero attached hydrogens (tertiary/aromatic N) is 1. The lowest BCUT2D eigenvalue weighted by Crippen LogP contribution is -2.48. The summed E-state index contributed by atoms with van der Waals surface area (Å²) in [6.07, 6.45) is 1.39. The van der Waals surface area contributed by atoms with Gasteiger partial charge in [0.15, 0.2) is 0 Å². The molecule has 8 heteroatoms. The molecule has 0 unspecified atom stereocenters.